The zero-order valence-electron chi connectivity index (χ0n) is 17.4. The van der Waals surface area contributed by atoms with Gasteiger partial charge in [-0.15, -0.1) is 0 Å². The SMILES string of the molecule is O=C(CCCc1nc(-c2ccccc2)no1)Nc1ccc(S(=O)(=O)N2CCOCC2)cc1. The van der Waals surface area contributed by atoms with Crippen molar-refractivity contribution in [2.24, 2.45) is 0 Å². The minimum absolute atomic E-state index is 0.170. The first-order valence-electron chi connectivity index (χ1n) is 10.4. The smallest absolute Gasteiger partial charge is 0.243 e. The lowest BCUT2D eigenvalue weighted by molar-refractivity contribution is -0.116. The molecule has 1 fully saturated rings. The van der Waals surface area contributed by atoms with Crippen molar-refractivity contribution >= 4 is 21.6 Å². The topological polar surface area (TPSA) is 115 Å². The van der Waals surface area contributed by atoms with Crippen LogP contribution in [0.15, 0.2) is 64.0 Å². The maximum absolute atomic E-state index is 12.7. The average molecular weight is 457 g/mol. The van der Waals surface area contributed by atoms with Gasteiger partial charge in [0.05, 0.1) is 18.1 Å². The van der Waals surface area contributed by atoms with E-state index in [1.165, 1.54) is 16.4 Å². The Bertz CT molecular complexity index is 1140. The second-order valence-electron chi connectivity index (χ2n) is 7.32. The number of benzene rings is 2. The number of sulfonamides is 1. The van der Waals surface area contributed by atoms with Gasteiger partial charge in [-0.25, -0.2) is 8.42 Å². The summed E-state index contributed by atoms with van der Waals surface area (Å²) in [6.45, 7) is 1.47. The molecule has 1 aliphatic heterocycles. The molecule has 9 nitrogen and oxygen atoms in total. The molecule has 0 spiro atoms. The summed E-state index contributed by atoms with van der Waals surface area (Å²) < 4.78 is 37.2. The van der Waals surface area contributed by atoms with Crippen LogP contribution in [0.3, 0.4) is 0 Å². The lowest BCUT2D eigenvalue weighted by Crippen LogP contribution is -2.40. The third-order valence-electron chi connectivity index (χ3n) is 5.04. The average Bonchev–Trinajstić information content (AvgIpc) is 3.29. The Hall–Kier alpha value is -3.08. The Morgan fingerprint density at radius 1 is 1.03 bits per heavy atom. The third kappa shape index (κ3) is 5.39. The quantitative estimate of drug-likeness (QED) is 0.554. The molecule has 10 heteroatoms. The van der Waals surface area contributed by atoms with Gasteiger partial charge in [0.15, 0.2) is 0 Å². The van der Waals surface area contributed by atoms with Crippen molar-refractivity contribution in [3.05, 3.63) is 60.5 Å². The van der Waals surface area contributed by atoms with Gasteiger partial charge in [-0.3, -0.25) is 4.79 Å². The van der Waals surface area contributed by atoms with Crippen molar-refractivity contribution in [1.82, 2.24) is 14.4 Å². The van der Waals surface area contributed by atoms with Gasteiger partial charge in [0, 0.05) is 37.2 Å². The first kappa shape index (κ1) is 22.1. The fraction of sp³-hybridized carbons (Fsp3) is 0.318. The predicted molar refractivity (Wildman–Crippen MR) is 117 cm³/mol. The van der Waals surface area contributed by atoms with Gasteiger partial charge in [-0.1, -0.05) is 35.5 Å². The zero-order valence-corrected chi connectivity index (χ0v) is 18.3. The molecule has 1 aromatic heterocycles. The molecule has 1 saturated heterocycles. The van der Waals surface area contributed by atoms with E-state index in [1.54, 1.807) is 12.1 Å². The van der Waals surface area contributed by atoms with E-state index >= 15 is 0 Å². The lowest BCUT2D eigenvalue weighted by Gasteiger charge is -2.26. The molecule has 4 rings (SSSR count). The number of amides is 1. The van der Waals surface area contributed by atoms with Gasteiger partial charge in [0.25, 0.3) is 0 Å². The summed E-state index contributed by atoms with van der Waals surface area (Å²) in [6.07, 6.45) is 1.31. The van der Waals surface area contributed by atoms with E-state index in [0.29, 0.717) is 56.5 Å². The molecule has 32 heavy (non-hydrogen) atoms. The Kier molecular flexibility index (Phi) is 6.93. The van der Waals surface area contributed by atoms with Crippen molar-refractivity contribution in [1.29, 1.82) is 0 Å². The number of morpholine rings is 1. The van der Waals surface area contributed by atoms with Crippen LogP contribution in [-0.4, -0.2) is 55.1 Å². The molecule has 0 unspecified atom stereocenters. The second-order valence-corrected chi connectivity index (χ2v) is 9.26. The summed E-state index contributed by atoms with van der Waals surface area (Å²) >= 11 is 0. The molecule has 2 heterocycles. The van der Waals surface area contributed by atoms with Crippen LogP contribution in [0.25, 0.3) is 11.4 Å². The molecule has 1 N–H and O–H groups in total. The number of aryl methyl sites for hydroxylation is 1. The molecule has 168 valence electrons. The van der Waals surface area contributed by atoms with E-state index in [4.69, 9.17) is 9.26 Å². The second kappa shape index (κ2) is 10.0. The molecule has 0 saturated carbocycles. The number of aromatic nitrogens is 2. The highest BCUT2D eigenvalue weighted by molar-refractivity contribution is 7.89. The number of hydrogen-bond donors (Lipinski definition) is 1. The molecule has 1 aliphatic rings. The Morgan fingerprint density at radius 3 is 2.47 bits per heavy atom. The molecule has 3 aromatic rings. The molecule has 0 atom stereocenters. The first-order chi connectivity index (χ1) is 15.5. The predicted octanol–water partition coefficient (Wildman–Crippen LogP) is 2.72. The van der Waals surface area contributed by atoms with Crippen molar-refractivity contribution in [3.63, 3.8) is 0 Å². The van der Waals surface area contributed by atoms with Crippen LogP contribution in [0, 0.1) is 0 Å². The van der Waals surface area contributed by atoms with E-state index in [9.17, 15) is 13.2 Å². The highest BCUT2D eigenvalue weighted by Gasteiger charge is 2.26. The molecule has 0 radical (unpaired) electrons. The van der Waals surface area contributed by atoms with Crippen LogP contribution in [0.2, 0.25) is 0 Å². The molecular weight excluding hydrogens is 432 g/mol. The molecule has 0 bridgehead atoms. The highest BCUT2D eigenvalue weighted by atomic mass is 32.2. The molecule has 0 aliphatic carbocycles. The van der Waals surface area contributed by atoms with E-state index in [1.807, 2.05) is 30.3 Å². The van der Waals surface area contributed by atoms with Gasteiger partial charge in [0.2, 0.25) is 27.6 Å². The molecule has 2 aromatic carbocycles. The third-order valence-corrected chi connectivity index (χ3v) is 6.95. The van der Waals surface area contributed by atoms with E-state index in [0.717, 1.165) is 5.56 Å². The van der Waals surface area contributed by atoms with Gasteiger partial charge >= 0.3 is 0 Å². The van der Waals surface area contributed by atoms with Gasteiger partial charge < -0.3 is 14.6 Å². The summed E-state index contributed by atoms with van der Waals surface area (Å²) in [7, 11) is -3.55. The molecule has 1 amide bonds. The normalized spacial score (nSPS) is 14.9. The van der Waals surface area contributed by atoms with Crippen LogP contribution in [0.1, 0.15) is 18.7 Å². The van der Waals surface area contributed by atoms with Crippen molar-refractivity contribution in [3.8, 4) is 11.4 Å². The zero-order chi connectivity index (χ0) is 22.4. The van der Waals surface area contributed by atoms with E-state index in [2.05, 4.69) is 15.5 Å². The van der Waals surface area contributed by atoms with Crippen molar-refractivity contribution in [2.75, 3.05) is 31.6 Å². The summed E-state index contributed by atoms with van der Waals surface area (Å²) in [5.74, 6) is 0.836. The number of anilines is 1. The minimum Gasteiger partial charge on any atom is -0.379 e. The van der Waals surface area contributed by atoms with Crippen LogP contribution >= 0.6 is 0 Å². The van der Waals surface area contributed by atoms with Crippen LogP contribution in [0.4, 0.5) is 5.69 Å². The van der Waals surface area contributed by atoms with E-state index in [-0.39, 0.29) is 17.2 Å². The summed E-state index contributed by atoms with van der Waals surface area (Å²) in [5.41, 5.74) is 1.42. The number of carbonyl (C=O) groups excluding carboxylic acids is 1. The Labute approximate surface area is 186 Å². The summed E-state index contributed by atoms with van der Waals surface area (Å²) in [6, 6.07) is 15.7. The fourth-order valence-corrected chi connectivity index (χ4v) is 4.74. The number of hydrogen-bond acceptors (Lipinski definition) is 7. The van der Waals surface area contributed by atoms with Gasteiger partial charge in [0.1, 0.15) is 0 Å². The number of nitrogens with one attached hydrogen (secondary N) is 1. The maximum atomic E-state index is 12.7. The number of rotatable bonds is 8. The van der Waals surface area contributed by atoms with Crippen molar-refractivity contribution < 1.29 is 22.5 Å². The Balaban J connectivity index is 1.26. The molecular formula is C22H24N4O5S. The number of ether oxygens (including phenoxy) is 1. The standard InChI is InChI=1S/C22H24N4O5S/c27-20(7-4-8-21-24-22(25-31-21)17-5-2-1-3-6-17)23-18-9-11-19(12-10-18)32(28,29)26-13-15-30-16-14-26/h1-3,5-6,9-12H,4,7-8,13-16H2,(H,23,27). The lowest BCUT2D eigenvalue weighted by atomic mass is 10.2. The maximum Gasteiger partial charge on any atom is 0.243 e. The largest absolute Gasteiger partial charge is 0.379 e. The summed E-state index contributed by atoms with van der Waals surface area (Å²) in [5, 5.41) is 6.75. The first-order valence-corrected chi connectivity index (χ1v) is 11.8. The number of nitrogens with zero attached hydrogens (tertiary/aromatic N) is 3. The monoisotopic (exact) mass is 456 g/mol. The summed E-state index contributed by atoms with van der Waals surface area (Å²) in [4.78, 5) is 16.8. The van der Waals surface area contributed by atoms with Crippen LogP contribution in [0.5, 0.6) is 0 Å². The van der Waals surface area contributed by atoms with Gasteiger partial charge in [-0.05, 0) is 30.7 Å². The van der Waals surface area contributed by atoms with E-state index < -0.39 is 10.0 Å². The van der Waals surface area contributed by atoms with Crippen molar-refractivity contribution in [2.45, 2.75) is 24.2 Å². The van der Waals surface area contributed by atoms with Crippen LogP contribution < -0.4 is 5.32 Å². The van der Waals surface area contributed by atoms with Gasteiger partial charge in [-0.2, -0.15) is 9.29 Å². The van der Waals surface area contributed by atoms with Crippen LogP contribution in [-0.2, 0) is 26.0 Å². The minimum atomic E-state index is -3.55. The highest BCUT2D eigenvalue weighted by Crippen LogP contribution is 2.20. The Morgan fingerprint density at radius 2 is 1.75 bits per heavy atom. The fourth-order valence-electron chi connectivity index (χ4n) is 3.33. The number of carbonyl (C=O) groups is 1.